The zero-order chi connectivity index (χ0) is 16.5. The number of benzene rings is 1. The molecule has 2 heterocycles. The number of hydrogen-bond acceptors (Lipinski definition) is 4. The van der Waals surface area contributed by atoms with E-state index in [4.69, 9.17) is 4.98 Å². The van der Waals surface area contributed by atoms with Crippen molar-refractivity contribution in [3.8, 4) is 5.69 Å². The van der Waals surface area contributed by atoms with Gasteiger partial charge in [-0.25, -0.2) is 4.98 Å². The van der Waals surface area contributed by atoms with Crippen molar-refractivity contribution in [3.63, 3.8) is 0 Å². The van der Waals surface area contributed by atoms with Gasteiger partial charge in [-0.3, -0.25) is 9.36 Å². The number of fused-ring (bicyclic) bond motifs is 3. The molecule has 0 amide bonds. The first-order chi connectivity index (χ1) is 11.8. The van der Waals surface area contributed by atoms with Crippen LogP contribution in [0.1, 0.15) is 23.3 Å². The molecule has 1 aliphatic rings. The molecular formula is C19H18N2OS2. The van der Waals surface area contributed by atoms with Crippen LogP contribution in [0, 0.1) is 0 Å². The van der Waals surface area contributed by atoms with Gasteiger partial charge in [0.2, 0.25) is 0 Å². The first-order valence-electron chi connectivity index (χ1n) is 8.16. The lowest BCUT2D eigenvalue weighted by molar-refractivity contribution is 0.699. The van der Waals surface area contributed by atoms with Gasteiger partial charge in [-0.05, 0) is 43.4 Å². The average Bonchev–Trinajstić information content (AvgIpc) is 2.99. The molecule has 2 aromatic heterocycles. The van der Waals surface area contributed by atoms with Crippen molar-refractivity contribution in [2.24, 2.45) is 0 Å². The Hall–Kier alpha value is -1.85. The molecule has 1 aromatic carbocycles. The number of nitrogens with zero attached hydrogens (tertiary/aromatic N) is 2. The maximum Gasteiger partial charge on any atom is 0.267 e. The minimum atomic E-state index is 0.0668. The summed E-state index contributed by atoms with van der Waals surface area (Å²) in [5, 5.41) is 1.58. The first kappa shape index (κ1) is 15.7. The van der Waals surface area contributed by atoms with Crippen LogP contribution in [0.15, 0.2) is 52.9 Å². The van der Waals surface area contributed by atoms with E-state index in [9.17, 15) is 4.79 Å². The molecule has 0 atom stereocenters. The Morgan fingerprint density at radius 2 is 2.04 bits per heavy atom. The largest absolute Gasteiger partial charge is 0.268 e. The number of rotatable bonds is 4. The quantitative estimate of drug-likeness (QED) is 0.390. The van der Waals surface area contributed by atoms with Crippen LogP contribution in [0.4, 0.5) is 0 Å². The number of thiophene rings is 1. The van der Waals surface area contributed by atoms with E-state index in [0.717, 1.165) is 46.1 Å². The van der Waals surface area contributed by atoms with Crippen molar-refractivity contribution in [1.29, 1.82) is 0 Å². The molecule has 0 radical (unpaired) electrons. The maximum absolute atomic E-state index is 13.3. The number of thioether (sulfide) groups is 1. The van der Waals surface area contributed by atoms with Gasteiger partial charge in [0.25, 0.3) is 5.56 Å². The molecule has 0 saturated heterocycles. The minimum Gasteiger partial charge on any atom is -0.268 e. The summed E-state index contributed by atoms with van der Waals surface area (Å²) in [6, 6.07) is 9.80. The Bertz CT molecular complexity index is 957. The molecule has 122 valence electrons. The third kappa shape index (κ3) is 2.62. The van der Waals surface area contributed by atoms with Crippen LogP contribution in [-0.4, -0.2) is 15.3 Å². The van der Waals surface area contributed by atoms with Crippen LogP contribution in [0.2, 0.25) is 0 Å². The molecule has 0 aliphatic heterocycles. The van der Waals surface area contributed by atoms with Crippen molar-refractivity contribution in [2.75, 3.05) is 5.75 Å². The fourth-order valence-corrected chi connectivity index (χ4v) is 5.27. The Labute approximate surface area is 149 Å². The highest BCUT2D eigenvalue weighted by molar-refractivity contribution is 7.99. The summed E-state index contributed by atoms with van der Waals surface area (Å²) in [5.41, 5.74) is 2.18. The summed E-state index contributed by atoms with van der Waals surface area (Å²) in [5.74, 6) is 0.732. The van der Waals surface area contributed by atoms with E-state index >= 15 is 0 Å². The van der Waals surface area contributed by atoms with E-state index in [1.54, 1.807) is 27.7 Å². The zero-order valence-corrected chi connectivity index (χ0v) is 15.0. The maximum atomic E-state index is 13.3. The number of aromatic nitrogens is 2. The lowest BCUT2D eigenvalue weighted by Gasteiger charge is -2.13. The topological polar surface area (TPSA) is 34.9 Å². The molecular weight excluding hydrogens is 336 g/mol. The summed E-state index contributed by atoms with van der Waals surface area (Å²) in [6.45, 7) is 3.78. The highest BCUT2D eigenvalue weighted by atomic mass is 32.2. The molecule has 0 N–H and O–H groups in total. The summed E-state index contributed by atoms with van der Waals surface area (Å²) in [6.07, 6.45) is 6.30. The standard InChI is InChI=1S/C19H18N2OS2/c1-2-12-23-19-20-17-16(14-10-6-7-11-15(14)24-17)18(22)21(19)13-8-4-3-5-9-13/h2-5,8-9H,1,6-7,10-12H2. The van der Waals surface area contributed by atoms with Crippen LogP contribution in [-0.2, 0) is 12.8 Å². The van der Waals surface area contributed by atoms with Crippen molar-refractivity contribution >= 4 is 33.3 Å². The lowest BCUT2D eigenvalue weighted by atomic mass is 9.97. The second-order valence-electron chi connectivity index (χ2n) is 5.86. The van der Waals surface area contributed by atoms with Gasteiger partial charge < -0.3 is 0 Å². The normalized spacial score (nSPS) is 13.8. The van der Waals surface area contributed by atoms with Crippen molar-refractivity contribution < 1.29 is 0 Å². The predicted molar refractivity (Wildman–Crippen MR) is 103 cm³/mol. The van der Waals surface area contributed by atoms with Gasteiger partial charge in [0.15, 0.2) is 5.16 Å². The van der Waals surface area contributed by atoms with E-state index < -0.39 is 0 Å². The summed E-state index contributed by atoms with van der Waals surface area (Å²) < 4.78 is 1.76. The predicted octanol–water partition coefficient (Wildman–Crippen LogP) is 4.60. The van der Waals surface area contributed by atoms with Crippen LogP contribution in [0.25, 0.3) is 15.9 Å². The molecule has 3 nitrogen and oxygen atoms in total. The molecule has 0 bridgehead atoms. The number of hydrogen-bond donors (Lipinski definition) is 0. The zero-order valence-electron chi connectivity index (χ0n) is 13.3. The third-order valence-corrected chi connectivity index (χ3v) is 6.42. The number of aryl methyl sites for hydroxylation is 2. The van der Waals surface area contributed by atoms with Crippen molar-refractivity contribution in [3.05, 3.63) is 63.8 Å². The Balaban J connectivity index is 2.01. The SMILES string of the molecule is C=CCSc1nc2sc3c(c2c(=O)n1-c1ccccc1)CCCC3. The molecule has 0 saturated carbocycles. The fourth-order valence-electron chi connectivity index (χ4n) is 3.22. The second-order valence-corrected chi connectivity index (χ2v) is 7.93. The summed E-state index contributed by atoms with van der Waals surface area (Å²) in [4.78, 5) is 20.4. The Morgan fingerprint density at radius 1 is 1.25 bits per heavy atom. The smallest absolute Gasteiger partial charge is 0.267 e. The van der Waals surface area contributed by atoms with E-state index in [2.05, 4.69) is 6.58 Å². The molecule has 5 heteroatoms. The van der Waals surface area contributed by atoms with Crippen molar-refractivity contribution in [1.82, 2.24) is 9.55 Å². The Kier molecular flexibility index (Phi) is 4.29. The van der Waals surface area contributed by atoms with Crippen molar-refractivity contribution in [2.45, 2.75) is 30.8 Å². The van der Waals surface area contributed by atoms with E-state index in [1.807, 2.05) is 36.4 Å². The van der Waals surface area contributed by atoms with Gasteiger partial charge in [-0.1, -0.05) is 36.0 Å². The average molecular weight is 355 g/mol. The van der Waals surface area contributed by atoms with Gasteiger partial charge in [0.1, 0.15) is 4.83 Å². The van der Waals surface area contributed by atoms with Gasteiger partial charge >= 0.3 is 0 Å². The van der Waals surface area contributed by atoms with Crippen LogP contribution in [0.5, 0.6) is 0 Å². The highest BCUT2D eigenvalue weighted by Gasteiger charge is 2.22. The molecule has 4 rings (SSSR count). The van der Waals surface area contributed by atoms with Crippen LogP contribution < -0.4 is 5.56 Å². The summed E-state index contributed by atoms with van der Waals surface area (Å²) in [7, 11) is 0. The second kappa shape index (κ2) is 6.57. The summed E-state index contributed by atoms with van der Waals surface area (Å²) >= 11 is 3.26. The van der Waals surface area contributed by atoms with E-state index in [-0.39, 0.29) is 5.56 Å². The van der Waals surface area contributed by atoms with Gasteiger partial charge in [0.05, 0.1) is 11.1 Å². The minimum absolute atomic E-state index is 0.0668. The third-order valence-electron chi connectivity index (χ3n) is 4.30. The van der Waals surface area contributed by atoms with Gasteiger partial charge in [-0.2, -0.15) is 0 Å². The van der Waals surface area contributed by atoms with Gasteiger partial charge in [0, 0.05) is 10.6 Å². The van der Waals surface area contributed by atoms with Gasteiger partial charge in [-0.15, -0.1) is 17.9 Å². The lowest BCUT2D eigenvalue weighted by Crippen LogP contribution is -2.22. The van der Waals surface area contributed by atoms with E-state index in [1.165, 1.54) is 16.9 Å². The van der Waals surface area contributed by atoms with Crippen LogP contribution >= 0.6 is 23.1 Å². The molecule has 0 fully saturated rings. The number of para-hydroxylation sites is 1. The highest BCUT2D eigenvalue weighted by Crippen LogP contribution is 2.35. The van der Waals surface area contributed by atoms with E-state index in [0.29, 0.717) is 0 Å². The van der Waals surface area contributed by atoms with Crippen LogP contribution in [0.3, 0.4) is 0 Å². The monoisotopic (exact) mass is 354 g/mol. The molecule has 0 unspecified atom stereocenters. The fraction of sp³-hybridized carbons (Fsp3) is 0.263. The molecule has 1 aliphatic carbocycles. The Morgan fingerprint density at radius 3 is 2.83 bits per heavy atom. The molecule has 0 spiro atoms. The first-order valence-corrected chi connectivity index (χ1v) is 9.96. The molecule has 3 aromatic rings. The molecule has 24 heavy (non-hydrogen) atoms.